The van der Waals surface area contributed by atoms with E-state index in [-0.39, 0.29) is 17.1 Å². The van der Waals surface area contributed by atoms with Crippen LogP contribution in [0, 0.1) is 5.82 Å². The van der Waals surface area contributed by atoms with Gasteiger partial charge in [-0.05, 0) is 66.8 Å². The van der Waals surface area contributed by atoms with Gasteiger partial charge in [-0.25, -0.2) is 4.39 Å². The molecule has 0 amide bonds. The predicted octanol–water partition coefficient (Wildman–Crippen LogP) is 5.84. The first-order valence-electron chi connectivity index (χ1n) is 9.82. The summed E-state index contributed by atoms with van der Waals surface area (Å²) in [6, 6.07) is 24.3. The number of anilines is 1. The molecule has 1 aliphatic heterocycles. The van der Waals surface area contributed by atoms with E-state index in [0.29, 0.717) is 5.11 Å². The van der Waals surface area contributed by atoms with Gasteiger partial charge in [-0.15, -0.1) is 0 Å². The maximum absolute atomic E-state index is 13.8. The number of pyridine rings is 1. The molecule has 4 aromatic rings. The molecule has 0 unspecified atom stereocenters. The molecule has 1 saturated heterocycles. The lowest BCUT2D eigenvalue weighted by atomic mass is 10.0. The fourth-order valence-corrected chi connectivity index (χ4v) is 4.55. The molecule has 1 fully saturated rings. The van der Waals surface area contributed by atoms with Crippen LogP contribution in [0.3, 0.4) is 0 Å². The molecule has 0 bridgehead atoms. The molecule has 0 saturated carbocycles. The molecule has 0 aliphatic carbocycles. The van der Waals surface area contributed by atoms with E-state index < -0.39 is 5.82 Å². The Bertz CT molecular complexity index is 1230. The van der Waals surface area contributed by atoms with Gasteiger partial charge in [0.05, 0.1) is 16.8 Å². The highest BCUT2D eigenvalue weighted by molar-refractivity contribution is 7.80. The Balaban J connectivity index is 1.67. The van der Waals surface area contributed by atoms with E-state index in [0.717, 1.165) is 22.8 Å². The lowest BCUT2D eigenvalue weighted by Crippen LogP contribution is -2.30. The molecular weight excluding hydrogens is 431 g/mol. The number of nitrogens with one attached hydrogen (secondary N) is 1. The van der Waals surface area contributed by atoms with Gasteiger partial charge in [-0.1, -0.05) is 35.9 Å². The Hall–Kier alpha value is -3.22. The number of nitrogens with zero attached hydrogens (tertiary/aromatic N) is 3. The smallest absolute Gasteiger partial charge is 0.174 e. The summed E-state index contributed by atoms with van der Waals surface area (Å²) in [5.74, 6) is -0.444. The lowest BCUT2D eigenvalue weighted by Gasteiger charge is -2.29. The Morgan fingerprint density at radius 3 is 2.48 bits per heavy atom. The molecule has 2 atom stereocenters. The Morgan fingerprint density at radius 1 is 0.935 bits per heavy atom. The van der Waals surface area contributed by atoms with Crippen molar-refractivity contribution in [3.63, 3.8) is 0 Å². The van der Waals surface area contributed by atoms with Crippen LogP contribution in [0.1, 0.15) is 23.5 Å². The van der Waals surface area contributed by atoms with Crippen molar-refractivity contribution < 1.29 is 4.39 Å². The van der Waals surface area contributed by atoms with Crippen LogP contribution in [0.2, 0.25) is 5.02 Å². The van der Waals surface area contributed by atoms with Gasteiger partial charge in [-0.3, -0.25) is 4.98 Å². The number of benzene rings is 2. The first-order chi connectivity index (χ1) is 15.1. The summed E-state index contributed by atoms with van der Waals surface area (Å²) in [6.07, 6.45) is 3.72. The summed E-state index contributed by atoms with van der Waals surface area (Å²) in [5, 5.41) is 4.16. The number of hydrogen-bond donors (Lipinski definition) is 1. The number of aromatic nitrogens is 2. The van der Waals surface area contributed by atoms with Crippen molar-refractivity contribution in [1.29, 1.82) is 0 Å². The average Bonchev–Trinajstić information content (AvgIpc) is 3.41. The van der Waals surface area contributed by atoms with E-state index in [1.165, 1.54) is 6.07 Å². The van der Waals surface area contributed by atoms with Crippen LogP contribution in [0.25, 0.3) is 5.69 Å². The first-order valence-corrected chi connectivity index (χ1v) is 10.6. The predicted molar refractivity (Wildman–Crippen MR) is 125 cm³/mol. The minimum Gasteiger partial charge on any atom is -0.351 e. The highest BCUT2D eigenvalue weighted by Crippen LogP contribution is 2.42. The van der Waals surface area contributed by atoms with Gasteiger partial charge in [-0.2, -0.15) is 0 Å². The van der Waals surface area contributed by atoms with Crippen molar-refractivity contribution in [2.45, 2.75) is 12.1 Å². The highest BCUT2D eigenvalue weighted by Gasteiger charge is 2.42. The molecule has 5 rings (SSSR count). The molecule has 1 N–H and O–H groups in total. The van der Waals surface area contributed by atoms with Crippen LogP contribution >= 0.6 is 23.8 Å². The molecule has 31 heavy (non-hydrogen) atoms. The van der Waals surface area contributed by atoms with Crippen molar-refractivity contribution in [2.75, 3.05) is 4.90 Å². The fraction of sp³-hybridized carbons (Fsp3) is 0.0833. The minimum atomic E-state index is -0.444. The van der Waals surface area contributed by atoms with Gasteiger partial charge in [0.25, 0.3) is 0 Å². The zero-order valence-corrected chi connectivity index (χ0v) is 17.9. The third kappa shape index (κ3) is 3.58. The van der Waals surface area contributed by atoms with Gasteiger partial charge < -0.3 is 14.8 Å². The minimum absolute atomic E-state index is 0.0819. The molecule has 0 spiro atoms. The van der Waals surface area contributed by atoms with Crippen LogP contribution in [-0.4, -0.2) is 14.7 Å². The number of para-hydroxylation sites is 1. The summed E-state index contributed by atoms with van der Waals surface area (Å²) in [5.41, 5.74) is 3.62. The second kappa shape index (κ2) is 8.13. The van der Waals surface area contributed by atoms with Crippen LogP contribution in [-0.2, 0) is 0 Å². The largest absolute Gasteiger partial charge is 0.351 e. The van der Waals surface area contributed by atoms with Crippen LogP contribution in [0.5, 0.6) is 0 Å². The molecule has 7 heteroatoms. The van der Waals surface area contributed by atoms with E-state index in [1.54, 1.807) is 18.3 Å². The maximum Gasteiger partial charge on any atom is 0.174 e. The van der Waals surface area contributed by atoms with E-state index in [1.807, 2.05) is 71.4 Å². The van der Waals surface area contributed by atoms with Gasteiger partial charge in [0, 0.05) is 29.5 Å². The second-order valence-electron chi connectivity index (χ2n) is 7.23. The van der Waals surface area contributed by atoms with Crippen LogP contribution in [0.15, 0.2) is 91.3 Å². The quantitative estimate of drug-likeness (QED) is 0.397. The summed E-state index contributed by atoms with van der Waals surface area (Å²) in [6.45, 7) is 0. The Kier molecular flexibility index (Phi) is 5.18. The molecule has 2 aromatic heterocycles. The normalized spacial score (nSPS) is 18.3. The molecule has 1 aliphatic rings. The zero-order chi connectivity index (χ0) is 21.4. The molecule has 154 valence electrons. The Labute approximate surface area is 189 Å². The molecule has 4 nitrogen and oxygen atoms in total. The standard InChI is InChI=1S/C24H18ClFN4S/c25-18-15-17(11-12-19(18)26)29-14-6-10-21(29)23-22(20-9-4-5-13-27-20)28-24(31)30(23)16-7-2-1-3-8-16/h1-15,22-23H,(H,28,31)/t22-,23-/m1/s1. The van der Waals surface area contributed by atoms with Crippen molar-refractivity contribution >= 4 is 34.6 Å². The monoisotopic (exact) mass is 448 g/mol. The van der Waals surface area contributed by atoms with Crippen LogP contribution < -0.4 is 10.2 Å². The summed E-state index contributed by atoms with van der Waals surface area (Å²) < 4.78 is 15.8. The third-order valence-corrected chi connectivity index (χ3v) is 6.00. The van der Waals surface area contributed by atoms with Crippen molar-refractivity contribution in [3.05, 3.63) is 113 Å². The molecule has 3 heterocycles. The SMILES string of the molecule is Fc1ccc(-n2cccc2[C@@H]2[C@@H](c3ccccn3)NC(=S)N2c2ccccc2)cc1Cl. The van der Waals surface area contributed by atoms with E-state index in [9.17, 15) is 4.39 Å². The topological polar surface area (TPSA) is 33.1 Å². The van der Waals surface area contributed by atoms with E-state index >= 15 is 0 Å². The van der Waals surface area contributed by atoms with Crippen molar-refractivity contribution in [3.8, 4) is 5.69 Å². The summed E-state index contributed by atoms with van der Waals surface area (Å²) >= 11 is 11.8. The van der Waals surface area contributed by atoms with Crippen molar-refractivity contribution in [2.24, 2.45) is 0 Å². The molecule has 2 aromatic carbocycles. The molecular formula is C24H18ClFN4S. The Morgan fingerprint density at radius 2 is 1.74 bits per heavy atom. The number of rotatable bonds is 4. The summed E-state index contributed by atoms with van der Waals surface area (Å²) in [7, 11) is 0. The van der Waals surface area contributed by atoms with Gasteiger partial charge in [0.2, 0.25) is 0 Å². The lowest BCUT2D eigenvalue weighted by molar-refractivity contribution is 0.549. The van der Waals surface area contributed by atoms with Gasteiger partial charge >= 0.3 is 0 Å². The second-order valence-corrected chi connectivity index (χ2v) is 8.03. The fourth-order valence-electron chi connectivity index (χ4n) is 4.03. The maximum atomic E-state index is 13.8. The summed E-state index contributed by atoms with van der Waals surface area (Å²) in [4.78, 5) is 6.69. The van der Waals surface area contributed by atoms with Crippen molar-refractivity contribution in [1.82, 2.24) is 14.9 Å². The number of halogens is 2. The highest BCUT2D eigenvalue weighted by atomic mass is 35.5. The van der Waals surface area contributed by atoms with Gasteiger partial charge in [0.15, 0.2) is 5.11 Å². The third-order valence-electron chi connectivity index (χ3n) is 5.40. The van der Waals surface area contributed by atoms with Gasteiger partial charge in [0.1, 0.15) is 11.9 Å². The zero-order valence-electron chi connectivity index (χ0n) is 16.3. The molecule has 0 radical (unpaired) electrons. The average molecular weight is 449 g/mol. The number of hydrogen-bond acceptors (Lipinski definition) is 2. The van der Waals surface area contributed by atoms with E-state index in [2.05, 4.69) is 15.2 Å². The van der Waals surface area contributed by atoms with Crippen LogP contribution in [0.4, 0.5) is 10.1 Å². The van der Waals surface area contributed by atoms with E-state index in [4.69, 9.17) is 23.8 Å². The number of thiocarbonyl (C=S) groups is 1. The first kappa shape index (κ1) is 19.7.